The normalized spacial score (nSPS) is 10.2. The molecule has 0 unspecified atom stereocenters. The molecule has 0 heterocycles. The van der Waals surface area contributed by atoms with Crippen LogP contribution >= 0.6 is 0 Å². The van der Waals surface area contributed by atoms with Crippen molar-refractivity contribution in [2.45, 2.75) is 19.8 Å². The van der Waals surface area contributed by atoms with Crippen LogP contribution in [0.1, 0.15) is 36.5 Å². The van der Waals surface area contributed by atoms with E-state index in [1.165, 1.54) is 5.56 Å². The molecular weight excluding hydrogens is 346 g/mol. The molecule has 0 spiro atoms. The summed E-state index contributed by atoms with van der Waals surface area (Å²) in [7, 11) is 3.42. The summed E-state index contributed by atoms with van der Waals surface area (Å²) < 4.78 is 11.2. The van der Waals surface area contributed by atoms with Crippen LogP contribution in [0.2, 0.25) is 0 Å². The first-order chi connectivity index (χ1) is 13.8. The van der Waals surface area contributed by atoms with Gasteiger partial charge in [-0.3, -0.25) is 0 Å². The van der Waals surface area contributed by atoms with E-state index in [0.29, 0.717) is 0 Å². The second-order valence-electron chi connectivity index (χ2n) is 6.28. The van der Waals surface area contributed by atoms with Gasteiger partial charge in [-0.05, 0) is 30.8 Å². The van der Waals surface area contributed by atoms with Gasteiger partial charge in [0.05, 0.1) is 14.2 Å². The van der Waals surface area contributed by atoms with E-state index < -0.39 is 0 Å². The zero-order valence-electron chi connectivity index (χ0n) is 17.3. The second-order valence-corrected chi connectivity index (χ2v) is 6.28. The first kappa shape index (κ1) is 21.5. The van der Waals surface area contributed by atoms with Crippen molar-refractivity contribution in [3.63, 3.8) is 0 Å². The number of hydrogen-bond acceptors (Lipinski definition) is 3. The van der Waals surface area contributed by atoms with Crippen LogP contribution in [0.15, 0.2) is 78.9 Å². The summed E-state index contributed by atoms with van der Waals surface area (Å²) in [5, 5.41) is 3.11. The van der Waals surface area contributed by atoms with Crippen LogP contribution in [0.4, 0.5) is 0 Å². The lowest BCUT2D eigenvalue weighted by Crippen LogP contribution is -2.09. The lowest BCUT2D eigenvalue weighted by molar-refractivity contribution is 0.402. The highest BCUT2D eigenvalue weighted by Crippen LogP contribution is 2.40. The zero-order valence-corrected chi connectivity index (χ0v) is 17.3. The number of methoxy groups -OCH3 is 2. The van der Waals surface area contributed by atoms with E-state index in [1.54, 1.807) is 14.2 Å². The number of rotatable bonds is 7. The molecule has 148 valence electrons. The second kappa shape index (κ2) is 11.8. The van der Waals surface area contributed by atoms with Gasteiger partial charge < -0.3 is 14.8 Å². The van der Waals surface area contributed by atoms with E-state index >= 15 is 0 Å². The molecule has 0 bridgehead atoms. The van der Waals surface area contributed by atoms with Crippen molar-refractivity contribution in [2.24, 2.45) is 0 Å². The van der Waals surface area contributed by atoms with Gasteiger partial charge in [-0.2, -0.15) is 0 Å². The van der Waals surface area contributed by atoms with E-state index in [-0.39, 0.29) is 5.92 Å². The van der Waals surface area contributed by atoms with Crippen LogP contribution in [0.5, 0.6) is 11.5 Å². The first-order valence-electron chi connectivity index (χ1n) is 9.78. The number of hydrogen-bond donors (Lipinski definition) is 1. The fourth-order valence-electron chi connectivity index (χ4n) is 3.23. The van der Waals surface area contributed by atoms with E-state index in [1.807, 2.05) is 42.5 Å². The molecule has 0 aliphatic carbocycles. The molecule has 3 aromatic carbocycles. The van der Waals surface area contributed by atoms with Crippen molar-refractivity contribution in [2.75, 3.05) is 27.3 Å². The van der Waals surface area contributed by atoms with Crippen molar-refractivity contribution in [3.05, 3.63) is 95.6 Å². The maximum atomic E-state index is 5.60. The minimum absolute atomic E-state index is 0.0588. The van der Waals surface area contributed by atoms with Crippen LogP contribution in [0, 0.1) is 0 Å². The van der Waals surface area contributed by atoms with Gasteiger partial charge in [0.25, 0.3) is 0 Å². The fourth-order valence-corrected chi connectivity index (χ4v) is 3.23. The Morgan fingerprint density at radius 3 is 1.46 bits per heavy atom. The van der Waals surface area contributed by atoms with Gasteiger partial charge in [-0.1, -0.05) is 80.6 Å². The van der Waals surface area contributed by atoms with Crippen molar-refractivity contribution in [1.29, 1.82) is 0 Å². The molecule has 3 nitrogen and oxygen atoms in total. The smallest absolute Gasteiger partial charge is 0.123 e. The molecule has 0 saturated heterocycles. The highest BCUT2D eigenvalue weighted by Gasteiger charge is 2.22. The topological polar surface area (TPSA) is 30.5 Å². The molecule has 0 radical (unpaired) electrons. The van der Waals surface area contributed by atoms with Crippen LogP contribution in [0.3, 0.4) is 0 Å². The van der Waals surface area contributed by atoms with Crippen molar-refractivity contribution in [3.8, 4) is 11.5 Å². The Morgan fingerprint density at radius 2 is 1.07 bits per heavy atom. The summed E-state index contributed by atoms with van der Waals surface area (Å²) in [6.45, 7) is 6.39. The van der Waals surface area contributed by atoms with Gasteiger partial charge in [0, 0.05) is 17.0 Å². The Bertz CT molecular complexity index is 768. The lowest BCUT2D eigenvalue weighted by Gasteiger charge is -2.23. The summed E-state index contributed by atoms with van der Waals surface area (Å²) in [5.74, 6) is 1.82. The summed E-state index contributed by atoms with van der Waals surface area (Å²) in [6.07, 6.45) is 0. The maximum Gasteiger partial charge on any atom is 0.123 e. The molecule has 0 amide bonds. The largest absolute Gasteiger partial charge is 0.496 e. The third kappa shape index (κ3) is 5.61. The van der Waals surface area contributed by atoms with Crippen molar-refractivity contribution < 1.29 is 9.47 Å². The molecular formula is C25H31NO2. The Balaban J connectivity index is 0.000000500. The summed E-state index contributed by atoms with van der Waals surface area (Å²) in [4.78, 5) is 0. The average Bonchev–Trinajstić information content (AvgIpc) is 2.76. The highest BCUT2D eigenvalue weighted by atomic mass is 16.5. The summed E-state index contributed by atoms with van der Waals surface area (Å²) in [6, 6.07) is 26.7. The Labute approximate surface area is 169 Å². The van der Waals surface area contributed by atoms with Crippen molar-refractivity contribution in [1.82, 2.24) is 5.32 Å². The monoisotopic (exact) mass is 377 g/mol. The molecule has 0 fully saturated rings. The third-order valence-corrected chi connectivity index (χ3v) is 4.53. The zero-order chi connectivity index (χ0) is 20.2. The molecule has 1 N–H and O–H groups in total. The van der Waals surface area contributed by atoms with E-state index in [2.05, 4.69) is 55.6 Å². The Hall–Kier alpha value is -2.78. The minimum atomic E-state index is 0.0588. The Kier molecular flexibility index (Phi) is 9.09. The van der Waals surface area contributed by atoms with Gasteiger partial charge >= 0.3 is 0 Å². The number of nitrogens with one attached hydrogen (secondary N) is 1. The number of benzene rings is 3. The predicted molar refractivity (Wildman–Crippen MR) is 118 cm³/mol. The molecule has 0 aliphatic rings. The fraction of sp³-hybridized carbons (Fsp3) is 0.280. The van der Waals surface area contributed by atoms with Gasteiger partial charge in [0.1, 0.15) is 11.5 Å². The molecule has 0 saturated carbocycles. The van der Waals surface area contributed by atoms with Crippen LogP contribution in [0.25, 0.3) is 0 Å². The van der Waals surface area contributed by atoms with E-state index in [0.717, 1.165) is 35.7 Å². The highest BCUT2D eigenvalue weighted by molar-refractivity contribution is 5.53. The van der Waals surface area contributed by atoms with Gasteiger partial charge in [0.2, 0.25) is 0 Å². The molecule has 3 rings (SSSR count). The van der Waals surface area contributed by atoms with Crippen LogP contribution in [-0.4, -0.2) is 27.3 Å². The Morgan fingerprint density at radius 1 is 0.643 bits per heavy atom. The van der Waals surface area contributed by atoms with E-state index in [4.69, 9.17) is 9.47 Å². The summed E-state index contributed by atoms with van der Waals surface area (Å²) >= 11 is 0. The molecule has 3 heteroatoms. The standard InChI is InChI=1S/C21H20O2.C4H11N/c1-22-19-14-8-6-12-17(19)21(16-10-4-3-5-11-16)18-13-7-9-15-20(18)23-2;1-3-5-4-2/h3-15,21H,1-2H3;5H,3-4H2,1-2H3. The molecule has 0 atom stereocenters. The summed E-state index contributed by atoms with van der Waals surface area (Å²) in [5.41, 5.74) is 3.47. The van der Waals surface area contributed by atoms with Gasteiger partial charge in [0.15, 0.2) is 0 Å². The number of ether oxygens (including phenoxy) is 2. The first-order valence-corrected chi connectivity index (χ1v) is 9.78. The maximum absolute atomic E-state index is 5.60. The van der Waals surface area contributed by atoms with Crippen LogP contribution in [-0.2, 0) is 0 Å². The van der Waals surface area contributed by atoms with Gasteiger partial charge in [-0.15, -0.1) is 0 Å². The number of para-hydroxylation sites is 2. The van der Waals surface area contributed by atoms with Crippen molar-refractivity contribution >= 4 is 0 Å². The quantitative estimate of drug-likeness (QED) is 0.552. The molecule has 0 aromatic heterocycles. The predicted octanol–water partition coefficient (Wildman–Crippen LogP) is 5.50. The lowest BCUT2D eigenvalue weighted by atomic mass is 9.84. The third-order valence-electron chi connectivity index (χ3n) is 4.53. The molecule has 28 heavy (non-hydrogen) atoms. The van der Waals surface area contributed by atoms with E-state index in [9.17, 15) is 0 Å². The SMILES string of the molecule is CCNCC.COc1ccccc1C(c1ccccc1)c1ccccc1OC. The van der Waals surface area contributed by atoms with Gasteiger partial charge in [-0.25, -0.2) is 0 Å². The molecule has 3 aromatic rings. The molecule has 0 aliphatic heterocycles. The average molecular weight is 378 g/mol. The minimum Gasteiger partial charge on any atom is -0.496 e. The van der Waals surface area contributed by atoms with Crippen LogP contribution < -0.4 is 14.8 Å².